The van der Waals surface area contributed by atoms with Crippen LogP contribution in [0.2, 0.25) is 0 Å². The van der Waals surface area contributed by atoms with Gasteiger partial charge in [-0.25, -0.2) is 8.42 Å². The van der Waals surface area contributed by atoms with E-state index in [1.165, 1.54) is 25.7 Å². The first kappa shape index (κ1) is 15.7. The summed E-state index contributed by atoms with van der Waals surface area (Å²) < 4.78 is 26.9. The molecule has 0 radical (unpaired) electrons. The molecule has 2 atom stereocenters. The molecule has 0 bridgehead atoms. The second kappa shape index (κ2) is 6.94. The average Bonchev–Trinajstić information content (AvgIpc) is 2.53. The van der Waals surface area contributed by atoms with Gasteiger partial charge < -0.3 is 5.32 Å². The van der Waals surface area contributed by atoms with Gasteiger partial charge in [-0.1, -0.05) is 12.8 Å². The quantitative estimate of drug-likeness (QED) is 0.841. The van der Waals surface area contributed by atoms with Crippen LogP contribution in [-0.4, -0.2) is 68.2 Å². The molecule has 3 rings (SSSR count). The van der Waals surface area contributed by atoms with Crippen molar-refractivity contribution in [1.29, 1.82) is 0 Å². The van der Waals surface area contributed by atoms with Gasteiger partial charge in [0, 0.05) is 31.7 Å². The molecule has 0 aromatic carbocycles. The summed E-state index contributed by atoms with van der Waals surface area (Å²) in [5, 5.41) is 3.45. The Balaban J connectivity index is 1.52. The van der Waals surface area contributed by atoms with Gasteiger partial charge in [-0.15, -0.1) is 0 Å². The molecule has 0 aromatic rings. The fraction of sp³-hybridized carbons (Fsp3) is 1.00. The summed E-state index contributed by atoms with van der Waals surface area (Å²) in [6.07, 6.45) is 8.05. The maximum atomic E-state index is 12.6. The molecular weight excluding hydrogens is 286 g/mol. The minimum atomic E-state index is -3.07. The Morgan fingerprint density at radius 3 is 2.67 bits per heavy atom. The zero-order chi connectivity index (χ0) is 14.7. The molecule has 3 aliphatic rings. The van der Waals surface area contributed by atoms with E-state index >= 15 is 0 Å². The van der Waals surface area contributed by atoms with E-state index in [0.29, 0.717) is 24.4 Å². The first-order valence-corrected chi connectivity index (χ1v) is 10.2. The Hall–Kier alpha value is -0.170. The maximum Gasteiger partial charge on any atom is 0.214 e. The molecule has 3 saturated heterocycles. The smallest absolute Gasteiger partial charge is 0.214 e. The summed E-state index contributed by atoms with van der Waals surface area (Å²) in [7, 11) is -3.07. The number of piperidine rings is 2. The van der Waals surface area contributed by atoms with Gasteiger partial charge >= 0.3 is 0 Å². The van der Waals surface area contributed by atoms with E-state index in [1.807, 2.05) is 0 Å². The molecule has 0 spiro atoms. The molecule has 3 heterocycles. The fourth-order valence-electron chi connectivity index (χ4n) is 3.97. The van der Waals surface area contributed by atoms with Crippen molar-refractivity contribution in [3.05, 3.63) is 0 Å². The topological polar surface area (TPSA) is 52.7 Å². The lowest BCUT2D eigenvalue weighted by Gasteiger charge is -2.43. The third kappa shape index (κ3) is 3.97. The lowest BCUT2D eigenvalue weighted by Crippen LogP contribution is -2.56. The largest absolute Gasteiger partial charge is 0.314 e. The average molecular weight is 315 g/mol. The SMILES string of the molecule is O=S(=O)(CCC1CCCCN1)N1CCN2CCCCC2C1. The molecule has 21 heavy (non-hydrogen) atoms. The summed E-state index contributed by atoms with van der Waals surface area (Å²) in [4.78, 5) is 2.48. The van der Waals surface area contributed by atoms with Gasteiger partial charge in [-0.05, 0) is 45.2 Å². The van der Waals surface area contributed by atoms with Crippen molar-refractivity contribution in [3.63, 3.8) is 0 Å². The maximum absolute atomic E-state index is 12.6. The van der Waals surface area contributed by atoms with Crippen molar-refractivity contribution in [2.45, 2.75) is 57.0 Å². The Bertz CT molecular complexity index is 434. The van der Waals surface area contributed by atoms with Gasteiger partial charge in [-0.2, -0.15) is 4.31 Å². The molecule has 122 valence electrons. The molecule has 0 aromatic heterocycles. The standard InChI is InChI=1S/C15H29N3O2S/c19-21(20,12-7-14-5-1-3-8-16-14)18-11-10-17-9-4-2-6-15(17)13-18/h14-16H,1-13H2. The summed E-state index contributed by atoms with van der Waals surface area (Å²) >= 11 is 0. The number of piperazine rings is 1. The van der Waals surface area contributed by atoms with Gasteiger partial charge in [0.1, 0.15) is 0 Å². The van der Waals surface area contributed by atoms with Crippen LogP contribution in [0.3, 0.4) is 0 Å². The normalized spacial score (nSPS) is 32.8. The highest BCUT2D eigenvalue weighted by molar-refractivity contribution is 7.89. The predicted octanol–water partition coefficient (Wildman–Crippen LogP) is 1.02. The number of sulfonamides is 1. The summed E-state index contributed by atoms with van der Waals surface area (Å²) in [6.45, 7) is 4.54. The van der Waals surface area contributed by atoms with Crippen molar-refractivity contribution in [3.8, 4) is 0 Å². The zero-order valence-electron chi connectivity index (χ0n) is 13.0. The van der Waals surface area contributed by atoms with E-state index in [2.05, 4.69) is 10.2 Å². The Labute approximate surface area is 129 Å². The third-order valence-electron chi connectivity index (χ3n) is 5.33. The van der Waals surface area contributed by atoms with Crippen LogP contribution in [0.1, 0.15) is 44.9 Å². The number of nitrogens with one attached hydrogen (secondary N) is 1. The second-order valence-electron chi connectivity index (χ2n) is 6.80. The van der Waals surface area contributed by atoms with Gasteiger partial charge in [-0.3, -0.25) is 4.90 Å². The van der Waals surface area contributed by atoms with Crippen LogP contribution in [-0.2, 0) is 10.0 Å². The fourth-order valence-corrected chi connectivity index (χ4v) is 5.57. The van der Waals surface area contributed by atoms with Crippen LogP contribution in [0.5, 0.6) is 0 Å². The lowest BCUT2D eigenvalue weighted by atomic mass is 10.0. The number of rotatable bonds is 4. The molecule has 2 unspecified atom stereocenters. The van der Waals surface area contributed by atoms with Gasteiger partial charge in [0.25, 0.3) is 0 Å². The van der Waals surface area contributed by atoms with E-state index in [9.17, 15) is 8.42 Å². The number of nitrogens with zero attached hydrogens (tertiary/aromatic N) is 2. The van der Waals surface area contributed by atoms with Crippen molar-refractivity contribution in [2.24, 2.45) is 0 Å². The minimum absolute atomic E-state index is 0.317. The minimum Gasteiger partial charge on any atom is -0.314 e. The van der Waals surface area contributed by atoms with Crippen LogP contribution in [0.4, 0.5) is 0 Å². The van der Waals surface area contributed by atoms with Gasteiger partial charge in [0.05, 0.1) is 5.75 Å². The molecular formula is C15H29N3O2S. The van der Waals surface area contributed by atoms with Gasteiger partial charge in [0.15, 0.2) is 0 Å². The molecule has 5 nitrogen and oxygen atoms in total. The van der Waals surface area contributed by atoms with Crippen molar-refractivity contribution < 1.29 is 8.42 Å². The van der Waals surface area contributed by atoms with Crippen molar-refractivity contribution in [1.82, 2.24) is 14.5 Å². The number of hydrogen-bond acceptors (Lipinski definition) is 4. The van der Waals surface area contributed by atoms with E-state index in [-0.39, 0.29) is 0 Å². The highest BCUT2D eigenvalue weighted by atomic mass is 32.2. The Morgan fingerprint density at radius 1 is 1.00 bits per heavy atom. The molecule has 0 aliphatic carbocycles. The molecule has 6 heteroatoms. The van der Waals surface area contributed by atoms with Crippen LogP contribution in [0, 0.1) is 0 Å². The first-order chi connectivity index (χ1) is 10.1. The number of hydrogen-bond donors (Lipinski definition) is 1. The van der Waals surface area contributed by atoms with Crippen LogP contribution >= 0.6 is 0 Å². The second-order valence-corrected chi connectivity index (χ2v) is 8.88. The van der Waals surface area contributed by atoms with Crippen LogP contribution < -0.4 is 5.32 Å². The molecule has 1 N–H and O–H groups in total. The monoisotopic (exact) mass is 315 g/mol. The highest BCUT2D eigenvalue weighted by Crippen LogP contribution is 2.23. The Kier molecular flexibility index (Phi) is 5.19. The third-order valence-corrected chi connectivity index (χ3v) is 7.20. The molecule has 3 aliphatic heterocycles. The van der Waals surface area contributed by atoms with E-state index in [4.69, 9.17) is 0 Å². The van der Waals surface area contributed by atoms with Crippen molar-refractivity contribution in [2.75, 3.05) is 38.5 Å². The van der Waals surface area contributed by atoms with E-state index in [0.717, 1.165) is 45.4 Å². The highest BCUT2D eigenvalue weighted by Gasteiger charge is 2.34. The Morgan fingerprint density at radius 2 is 1.86 bits per heavy atom. The van der Waals surface area contributed by atoms with E-state index < -0.39 is 10.0 Å². The molecule has 0 amide bonds. The van der Waals surface area contributed by atoms with Crippen LogP contribution in [0.15, 0.2) is 0 Å². The summed E-state index contributed by atoms with van der Waals surface area (Å²) in [5.41, 5.74) is 0. The van der Waals surface area contributed by atoms with E-state index in [1.54, 1.807) is 4.31 Å². The summed E-state index contributed by atoms with van der Waals surface area (Å²) in [5.74, 6) is 0.317. The summed E-state index contributed by atoms with van der Waals surface area (Å²) in [6, 6.07) is 0.875. The lowest BCUT2D eigenvalue weighted by molar-refractivity contribution is 0.0851. The predicted molar refractivity (Wildman–Crippen MR) is 84.8 cm³/mol. The van der Waals surface area contributed by atoms with Gasteiger partial charge in [0.2, 0.25) is 10.0 Å². The number of fused-ring (bicyclic) bond motifs is 1. The van der Waals surface area contributed by atoms with Crippen LogP contribution in [0.25, 0.3) is 0 Å². The molecule has 3 fully saturated rings. The van der Waals surface area contributed by atoms with Crippen molar-refractivity contribution >= 4 is 10.0 Å². The first-order valence-electron chi connectivity index (χ1n) is 8.60. The zero-order valence-corrected chi connectivity index (χ0v) is 13.8. The molecule has 0 saturated carbocycles.